The Bertz CT molecular complexity index is 453. The molecule has 0 amide bonds. The number of nitrogens with zero attached hydrogens (tertiary/aromatic N) is 1. The zero-order valence-electron chi connectivity index (χ0n) is 11.8. The highest BCUT2D eigenvalue weighted by molar-refractivity contribution is 5.69. The van der Waals surface area contributed by atoms with Crippen LogP contribution in [-0.2, 0) is 4.79 Å². The lowest BCUT2D eigenvalue weighted by Gasteiger charge is -2.40. The van der Waals surface area contributed by atoms with Crippen LogP contribution in [0, 0.1) is 13.8 Å². The van der Waals surface area contributed by atoms with Crippen LogP contribution in [0.4, 0.5) is 5.69 Å². The van der Waals surface area contributed by atoms with E-state index in [0.29, 0.717) is 6.04 Å². The minimum absolute atomic E-state index is 0.0231. The van der Waals surface area contributed by atoms with Crippen molar-refractivity contribution in [3.63, 3.8) is 0 Å². The number of carbonyl (C=O) groups is 1. The van der Waals surface area contributed by atoms with E-state index in [0.717, 1.165) is 18.8 Å². The third-order valence-corrected chi connectivity index (χ3v) is 3.56. The van der Waals surface area contributed by atoms with E-state index in [4.69, 9.17) is 5.11 Å². The van der Waals surface area contributed by atoms with Crippen LogP contribution < -0.4 is 10.2 Å². The predicted molar refractivity (Wildman–Crippen MR) is 76.8 cm³/mol. The fourth-order valence-electron chi connectivity index (χ4n) is 2.77. The van der Waals surface area contributed by atoms with Crippen LogP contribution in [0.15, 0.2) is 18.2 Å². The average molecular weight is 262 g/mol. The topological polar surface area (TPSA) is 52.6 Å². The van der Waals surface area contributed by atoms with Crippen LogP contribution in [0.1, 0.15) is 24.5 Å². The quantitative estimate of drug-likeness (QED) is 0.874. The van der Waals surface area contributed by atoms with Crippen molar-refractivity contribution in [3.8, 4) is 0 Å². The van der Waals surface area contributed by atoms with Crippen LogP contribution in [0.3, 0.4) is 0 Å². The zero-order chi connectivity index (χ0) is 14.0. The van der Waals surface area contributed by atoms with E-state index in [2.05, 4.69) is 49.2 Å². The lowest BCUT2D eigenvalue weighted by molar-refractivity contribution is -0.137. The van der Waals surface area contributed by atoms with E-state index >= 15 is 0 Å². The van der Waals surface area contributed by atoms with Gasteiger partial charge in [0.2, 0.25) is 0 Å². The predicted octanol–water partition coefficient (Wildman–Crippen LogP) is 1.94. The van der Waals surface area contributed by atoms with Gasteiger partial charge < -0.3 is 15.3 Å². The van der Waals surface area contributed by atoms with E-state index in [1.807, 2.05) is 0 Å². The van der Waals surface area contributed by atoms with Crippen LogP contribution in [0.25, 0.3) is 0 Å². The Morgan fingerprint density at radius 2 is 2.00 bits per heavy atom. The van der Waals surface area contributed by atoms with E-state index in [1.165, 1.54) is 11.1 Å². The van der Waals surface area contributed by atoms with Gasteiger partial charge in [-0.15, -0.1) is 0 Å². The number of anilines is 1. The molecule has 1 aliphatic rings. The number of hydrogen-bond donors (Lipinski definition) is 2. The number of benzene rings is 1. The van der Waals surface area contributed by atoms with Crippen LogP contribution >= 0.6 is 0 Å². The first kappa shape index (κ1) is 13.9. The summed E-state index contributed by atoms with van der Waals surface area (Å²) >= 11 is 0. The number of aryl methyl sites for hydroxylation is 2. The van der Waals surface area contributed by atoms with Gasteiger partial charge in [-0.05, 0) is 44.0 Å². The molecule has 1 heterocycles. The van der Waals surface area contributed by atoms with E-state index < -0.39 is 5.97 Å². The fourth-order valence-corrected chi connectivity index (χ4v) is 2.77. The van der Waals surface area contributed by atoms with Crippen molar-refractivity contribution < 1.29 is 9.90 Å². The summed E-state index contributed by atoms with van der Waals surface area (Å²) in [4.78, 5) is 13.2. The maximum absolute atomic E-state index is 11.0. The number of carboxylic acids is 1. The summed E-state index contributed by atoms with van der Waals surface area (Å²) in [7, 11) is 0. The van der Waals surface area contributed by atoms with Gasteiger partial charge >= 0.3 is 5.97 Å². The second-order valence-corrected chi connectivity index (χ2v) is 5.56. The maximum Gasteiger partial charge on any atom is 0.305 e. The van der Waals surface area contributed by atoms with Gasteiger partial charge in [0, 0.05) is 24.8 Å². The summed E-state index contributed by atoms with van der Waals surface area (Å²) in [6, 6.07) is 6.82. The molecule has 0 aliphatic carbocycles. The molecule has 19 heavy (non-hydrogen) atoms. The molecule has 0 radical (unpaired) electrons. The van der Waals surface area contributed by atoms with E-state index in [9.17, 15) is 4.79 Å². The Labute approximate surface area is 114 Å². The molecule has 0 saturated carbocycles. The first-order valence-electron chi connectivity index (χ1n) is 6.76. The summed E-state index contributed by atoms with van der Waals surface area (Å²) in [5.74, 6) is -0.740. The molecule has 1 aliphatic heterocycles. The smallest absolute Gasteiger partial charge is 0.305 e. The molecule has 0 bridgehead atoms. The van der Waals surface area contributed by atoms with Gasteiger partial charge in [-0.25, -0.2) is 0 Å². The molecule has 1 fully saturated rings. The summed E-state index contributed by atoms with van der Waals surface area (Å²) < 4.78 is 0. The molecular formula is C15H22N2O2. The number of piperazine rings is 1. The number of rotatable bonds is 3. The van der Waals surface area contributed by atoms with Crippen LogP contribution in [-0.4, -0.2) is 36.2 Å². The van der Waals surface area contributed by atoms with Crippen molar-refractivity contribution in [2.24, 2.45) is 0 Å². The lowest BCUT2D eigenvalue weighted by atomic mass is 10.0. The molecule has 0 aromatic heterocycles. The number of aliphatic carboxylic acids is 1. The zero-order valence-corrected chi connectivity index (χ0v) is 11.8. The molecule has 0 spiro atoms. The average Bonchev–Trinajstić information content (AvgIpc) is 2.29. The van der Waals surface area contributed by atoms with Crippen LogP contribution in [0.5, 0.6) is 0 Å². The summed E-state index contributed by atoms with van der Waals surface area (Å²) in [5, 5.41) is 12.4. The standard InChI is InChI=1S/C15H22N2O2/c1-10-4-11(2)6-13(5-10)17-9-12(3)16-8-14(17)7-15(18)19/h4-6,12,14,16H,7-9H2,1-3H3,(H,18,19). The molecule has 2 rings (SSSR count). The second kappa shape index (κ2) is 5.61. The van der Waals surface area contributed by atoms with Gasteiger partial charge in [0.25, 0.3) is 0 Å². The van der Waals surface area contributed by atoms with Gasteiger partial charge in [-0.1, -0.05) is 6.07 Å². The van der Waals surface area contributed by atoms with Gasteiger partial charge in [0.1, 0.15) is 0 Å². The first-order valence-corrected chi connectivity index (χ1v) is 6.76. The minimum atomic E-state index is -0.740. The second-order valence-electron chi connectivity index (χ2n) is 5.56. The van der Waals surface area contributed by atoms with E-state index in [-0.39, 0.29) is 12.5 Å². The minimum Gasteiger partial charge on any atom is -0.481 e. The van der Waals surface area contributed by atoms with E-state index in [1.54, 1.807) is 0 Å². The Morgan fingerprint density at radius 1 is 1.37 bits per heavy atom. The van der Waals surface area contributed by atoms with Crippen molar-refractivity contribution in [1.82, 2.24) is 5.32 Å². The normalized spacial score (nSPS) is 23.4. The summed E-state index contributed by atoms with van der Waals surface area (Å²) in [5.41, 5.74) is 3.57. The van der Waals surface area contributed by atoms with Crippen molar-refractivity contribution in [2.75, 3.05) is 18.0 Å². The van der Waals surface area contributed by atoms with Gasteiger partial charge in [0.15, 0.2) is 0 Å². The summed E-state index contributed by atoms with van der Waals surface area (Å²) in [6.07, 6.45) is 0.173. The molecule has 4 heteroatoms. The molecule has 2 N–H and O–H groups in total. The number of hydrogen-bond acceptors (Lipinski definition) is 3. The third kappa shape index (κ3) is 3.47. The Balaban J connectivity index is 2.27. The molecule has 1 aromatic carbocycles. The molecule has 104 valence electrons. The lowest BCUT2D eigenvalue weighted by Crippen LogP contribution is -2.56. The molecule has 1 aromatic rings. The number of carboxylic acid groups (broad SMARTS) is 1. The first-order chi connectivity index (χ1) is 8.95. The van der Waals surface area contributed by atoms with Crippen molar-refractivity contribution >= 4 is 11.7 Å². The SMILES string of the molecule is Cc1cc(C)cc(N2CC(C)NCC2CC(=O)O)c1. The maximum atomic E-state index is 11.0. The highest BCUT2D eigenvalue weighted by Gasteiger charge is 2.27. The Hall–Kier alpha value is -1.55. The van der Waals surface area contributed by atoms with Gasteiger partial charge in [-0.2, -0.15) is 0 Å². The number of nitrogens with one attached hydrogen (secondary N) is 1. The Kier molecular flexibility index (Phi) is 4.10. The fraction of sp³-hybridized carbons (Fsp3) is 0.533. The Morgan fingerprint density at radius 3 is 2.58 bits per heavy atom. The highest BCUT2D eigenvalue weighted by atomic mass is 16.4. The largest absolute Gasteiger partial charge is 0.481 e. The van der Waals surface area contributed by atoms with Gasteiger partial charge in [-0.3, -0.25) is 4.79 Å². The highest BCUT2D eigenvalue weighted by Crippen LogP contribution is 2.24. The van der Waals surface area contributed by atoms with Crippen molar-refractivity contribution in [1.29, 1.82) is 0 Å². The van der Waals surface area contributed by atoms with Crippen molar-refractivity contribution in [2.45, 2.75) is 39.3 Å². The molecular weight excluding hydrogens is 240 g/mol. The monoisotopic (exact) mass is 262 g/mol. The summed E-state index contributed by atoms with van der Waals surface area (Å²) in [6.45, 7) is 7.86. The van der Waals surface area contributed by atoms with Gasteiger partial charge in [0.05, 0.1) is 12.5 Å². The third-order valence-electron chi connectivity index (χ3n) is 3.56. The molecule has 2 atom stereocenters. The van der Waals surface area contributed by atoms with Crippen LogP contribution in [0.2, 0.25) is 0 Å². The molecule has 1 saturated heterocycles. The molecule has 2 unspecified atom stereocenters. The van der Waals surface area contributed by atoms with Crippen molar-refractivity contribution in [3.05, 3.63) is 29.3 Å². The molecule has 4 nitrogen and oxygen atoms in total.